The number of hydrogen-bond donors (Lipinski definition) is 1. The minimum absolute atomic E-state index is 0.410. The number of nitrogens with zero attached hydrogens (tertiary/aromatic N) is 1. The number of carboxylic acid groups (broad SMARTS) is 1. The van der Waals surface area contributed by atoms with Crippen molar-refractivity contribution in [3.63, 3.8) is 0 Å². The van der Waals surface area contributed by atoms with Crippen LogP contribution in [0, 0.1) is 0 Å². The van der Waals surface area contributed by atoms with Crippen LogP contribution in [0.4, 0.5) is 4.79 Å². The Balaban J connectivity index is 3.27. The van der Waals surface area contributed by atoms with Gasteiger partial charge < -0.3 is 5.11 Å². The van der Waals surface area contributed by atoms with Crippen LogP contribution in [0.3, 0.4) is 0 Å². The fraction of sp³-hybridized carbons (Fsp3) is 0.800. The molecule has 0 bridgehead atoms. The van der Waals surface area contributed by atoms with Crippen molar-refractivity contribution in [1.82, 2.24) is 4.42 Å². The fourth-order valence-corrected chi connectivity index (χ4v) is 0.512. The molecule has 0 aliphatic rings. The molecular weight excluding hydrogens is 142 g/mol. The lowest BCUT2D eigenvalue weighted by Gasteiger charge is -2.06. The van der Waals surface area contributed by atoms with Crippen LogP contribution in [-0.2, 0) is 0 Å². The molecule has 3 nitrogen and oxygen atoms in total. The van der Waals surface area contributed by atoms with Gasteiger partial charge in [-0.3, -0.25) is 0 Å². The monoisotopic (exact) mass is 151 g/mol. The first-order valence-corrected chi connectivity index (χ1v) is 3.18. The van der Waals surface area contributed by atoms with Gasteiger partial charge in [0, 0.05) is 18.3 Å². The topological polar surface area (TPSA) is 40.5 Å². The summed E-state index contributed by atoms with van der Waals surface area (Å²) in [7, 11) is 0. The van der Waals surface area contributed by atoms with Gasteiger partial charge in [-0.05, 0) is 6.42 Å². The van der Waals surface area contributed by atoms with Gasteiger partial charge in [-0.1, -0.05) is 13.3 Å². The van der Waals surface area contributed by atoms with E-state index in [1.54, 1.807) is 0 Å². The average Bonchev–Trinajstić information content (AvgIpc) is 1.82. The van der Waals surface area contributed by atoms with E-state index in [4.69, 9.17) is 16.9 Å². The van der Waals surface area contributed by atoms with E-state index >= 15 is 0 Å². The van der Waals surface area contributed by atoms with Crippen LogP contribution in [0.15, 0.2) is 0 Å². The van der Waals surface area contributed by atoms with Gasteiger partial charge in [0.1, 0.15) is 0 Å². The third kappa shape index (κ3) is 4.09. The Bertz CT molecular complexity index is 97.0. The highest BCUT2D eigenvalue weighted by Crippen LogP contribution is 1.97. The van der Waals surface area contributed by atoms with Crippen LogP contribution < -0.4 is 0 Å². The average molecular weight is 152 g/mol. The van der Waals surface area contributed by atoms with E-state index in [1.165, 1.54) is 0 Å². The Kier molecular flexibility index (Phi) is 4.22. The van der Waals surface area contributed by atoms with Crippen molar-refractivity contribution in [2.24, 2.45) is 0 Å². The van der Waals surface area contributed by atoms with E-state index in [9.17, 15) is 4.79 Å². The highest BCUT2D eigenvalue weighted by atomic mass is 35.5. The third-order valence-corrected chi connectivity index (χ3v) is 1.23. The molecular formula is C5H10ClNO2. The molecule has 0 aliphatic heterocycles. The molecule has 0 saturated carbocycles. The lowest BCUT2D eigenvalue weighted by atomic mass is 10.3. The molecule has 1 N–H and O–H groups in total. The molecule has 0 spiro atoms. The maximum atomic E-state index is 10.00. The van der Waals surface area contributed by atoms with Gasteiger partial charge >= 0.3 is 6.09 Å². The Hall–Kier alpha value is -0.440. The van der Waals surface area contributed by atoms with E-state index in [1.807, 2.05) is 6.92 Å². The number of hydrogen-bond acceptors (Lipinski definition) is 1. The van der Waals surface area contributed by atoms with Crippen LogP contribution >= 0.6 is 11.8 Å². The molecule has 0 heterocycles. The molecule has 0 aromatic rings. The van der Waals surface area contributed by atoms with Crippen LogP contribution in [0.5, 0.6) is 0 Å². The van der Waals surface area contributed by atoms with Crippen LogP contribution in [0.2, 0.25) is 0 Å². The van der Waals surface area contributed by atoms with Crippen LogP contribution in [-0.4, -0.2) is 22.2 Å². The normalized spacial score (nSPS) is 9.11. The summed E-state index contributed by atoms with van der Waals surface area (Å²) in [6.07, 6.45) is 0.692. The van der Waals surface area contributed by atoms with Crippen molar-refractivity contribution < 1.29 is 9.90 Å². The minimum Gasteiger partial charge on any atom is -0.464 e. The summed E-state index contributed by atoms with van der Waals surface area (Å²) in [6.45, 7) is 2.39. The fourth-order valence-electron chi connectivity index (χ4n) is 0.393. The number of amides is 1. The predicted molar refractivity (Wildman–Crippen MR) is 35.5 cm³/mol. The molecule has 4 heteroatoms. The second-order valence-corrected chi connectivity index (χ2v) is 2.13. The summed E-state index contributed by atoms with van der Waals surface area (Å²) in [4.78, 5) is 10.00. The highest BCUT2D eigenvalue weighted by Gasteiger charge is 2.04. The number of carbonyl (C=O) groups is 1. The first-order chi connectivity index (χ1) is 4.18. The molecule has 0 fully saturated rings. The maximum absolute atomic E-state index is 10.00. The molecule has 0 aromatic carbocycles. The van der Waals surface area contributed by atoms with E-state index < -0.39 is 6.09 Å². The van der Waals surface area contributed by atoms with Gasteiger partial charge in [-0.15, -0.1) is 0 Å². The van der Waals surface area contributed by atoms with E-state index in [-0.39, 0.29) is 0 Å². The molecule has 0 unspecified atom stereocenters. The molecule has 1 amide bonds. The number of halogens is 1. The second-order valence-electron chi connectivity index (χ2n) is 1.72. The summed E-state index contributed by atoms with van der Waals surface area (Å²) >= 11 is 5.23. The first-order valence-electron chi connectivity index (χ1n) is 2.84. The van der Waals surface area contributed by atoms with Gasteiger partial charge in [0.25, 0.3) is 0 Å². The molecule has 0 saturated heterocycles. The van der Waals surface area contributed by atoms with Crippen LogP contribution in [0.25, 0.3) is 0 Å². The zero-order valence-corrected chi connectivity index (χ0v) is 6.06. The molecule has 0 radical (unpaired) electrons. The van der Waals surface area contributed by atoms with Crippen molar-refractivity contribution in [1.29, 1.82) is 0 Å². The third-order valence-electron chi connectivity index (χ3n) is 0.916. The van der Waals surface area contributed by atoms with E-state index in [0.29, 0.717) is 6.54 Å². The van der Waals surface area contributed by atoms with Gasteiger partial charge in [0.15, 0.2) is 0 Å². The number of unbranched alkanes of at least 4 members (excludes halogenated alkanes) is 1. The summed E-state index contributed by atoms with van der Waals surface area (Å²) < 4.78 is 0.767. The van der Waals surface area contributed by atoms with Gasteiger partial charge in [-0.25, -0.2) is 9.21 Å². The Morgan fingerprint density at radius 3 is 2.67 bits per heavy atom. The molecule has 0 aliphatic carbocycles. The molecule has 54 valence electrons. The summed E-state index contributed by atoms with van der Waals surface area (Å²) in [6, 6.07) is 0. The largest absolute Gasteiger partial charge is 0.464 e. The lowest BCUT2D eigenvalue weighted by Crippen LogP contribution is -2.19. The molecule has 0 rings (SSSR count). The van der Waals surface area contributed by atoms with Crippen LogP contribution in [0.1, 0.15) is 19.8 Å². The zero-order valence-electron chi connectivity index (χ0n) is 5.30. The van der Waals surface area contributed by atoms with Crippen molar-refractivity contribution in [2.45, 2.75) is 19.8 Å². The Labute approximate surface area is 59.3 Å². The quantitative estimate of drug-likeness (QED) is 0.626. The predicted octanol–water partition coefficient (Wildman–Crippen LogP) is 1.92. The van der Waals surface area contributed by atoms with Crippen molar-refractivity contribution in [2.75, 3.05) is 6.54 Å². The Morgan fingerprint density at radius 2 is 2.33 bits per heavy atom. The smallest absolute Gasteiger partial charge is 0.422 e. The molecule has 9 heavy (non-hydrogen) atoms. The SMILES string of the molecule is CCCCN(Cl)C(=O)O. The standard InChI is InChI=1S/C5H10ClNO2/c1-2-3-4-7(6)5(8)9/h2-4H2,1H3,(H,8,9). The van der Waals surface area contributed by atoms with Crippen molar-refractivity contribution in [3.8, 4) is 0 Å². The van der Waals surface area contributed by atoms with Gasteiger partial charge in [0.05, 0.1) is 0 Å². The molecule has 0 atom stereocenters. The lowest BCUT2D eigenvalue weighted by molar-refractivity contribution is 0.173. The first kappa shape index (κ1) is 8.56. The second kappa shape index (κ2) is 4.44. The molecule has 0 aromatic heterocycles. The van der Waals surface area contributed by atoms with E-state index in [0.717, 1.165) is 17.3 Å². The highest BCUT2D eigenvalue weighted by molar-refractivity contribution is 6.19. The summed E-state index contributed by atoms with van der Waals surface area (Å²) in [5.74, 6) is 0. The number of rotatable bonds is 3. The zero-order chi connectivity index (χ0) is 7.28. The van der Waals surface area contributed by atoms with E-state index in [2.05, 4.69) is 0 Å². The summed E-state index contributed by atoms with van der Waals surface area (Å²) in [5.41, 5.74) is 0. The van der Waals surface area contributed by atoms with Gasteiger partial charge in [-0.2, -0.15) is 0 Å². The van der Waals surface area contributed by atoms with Crippen molar-refractivity contribution in [3.05, 3.63) is 0 Å². The minimum atomic E-state index is -1.08. The Morgan fingerprint density at radius 1 is 1.78 bits per heavy atom. The summed E-state index contributed by atoms with van der Waals surface area (Å²) in [5, 5.41) is 8.20. The maximum Gasteiger partial charge on any atom is 0.422 e. The van der Waals surface area contributed by atoms with Crippen molar-refractivity contribution >= 4 is 17.9 Å². The van der Waals surface area contributed by atoms with Gasteiger partial charge in [0.2, 0.25) is 0 Å².